The highest BCUT2D eigenvalue weighted by atomic mass is 32.2. The predicted molar refractivity (Wildman–Crippen MR) is 255 cm³/mol. The molecule has 2 aromatic carbocycles. The van der Waals surface area contributed by atoms with Crippen molar-refractivity contribution in [3.8, 4) is 12.1 Å². The molecule has 1 unspecified atom stereocenters. The lowest BCUT2D eigenvalue weighted by Gasteiger charge is -2.40. The Balaban J connectivity index is 1.53. The molecule has 12 nitrogen and oxygen atoms in total. The summed E-state index contributed by atoms with van der Waals surface area (Å²) in [7, 11) is -4.11. The monoisotopic (exact) mass is 923 g/mol. The number of ether oxygens (including phenoxy) is 1. The van der Waals surface area contributed by atoms with Crippen molar-refractivity contribution in [3.63, 3.8) is 0 Å². The lowest BCUT2D eigenvalue weighted by molar-refractivity contribution is -0.438. The first-order chi connectivity index (χ1) is 30.7. The van der Waals surface area contributed by atoms with E-state index in [1.54, 1.807) is 6.07 Å². The minimum Gasteiger partial charge on any atom is -0.772 e. The summed E-state index contributed by atoms with van der Waals surface area (Å²) in [6, 6.07) is 15.9. The average Bonchev–Trinajstić information content (AvgIpc) is 3.58. The molecule has 0 spiro atoms. The van der Waals surface area contributed by atoms with Crippen LogP contribution in [-0.4, -0.2) is 79.3 Å². The number of fused-ring (bicyclic) bond motifs is 2. The number of carbonyl (C=O) groups excluding carboxylic acids is 1. The van der Waals surface area contributed by atoms with Gasteiger partial charge in [0.05, 0.1) is 40.1 Å². The van der Waals surface area contributed by atoms with Gasteiger partial charge in [-0.1, -0.05) is 56.3 Å². The Hall–Kier alpha value is -4.86. The Morgan fingerprint density at radius 3 is 2.26 bits per heavy atom. The second-order valence-electron chi connectivity index (χ2n) is 19.8. The van der Waals surface area contributed by atoms with Crippen LogP contribution in [0.3, 0.4) is 0 Å². The number of allylic oxidation sites excluding steroid dienone is 7. The SMILES string of the molecule is CC(C)(C)OC(=O)N(C1=C(/C=C/C2=[N+](CCCCS(=O)[O-])c3ccc(C#N)cc3C2(C)C)CCC/C1=C\C=C1\N(CCCCS(=O)(=O)O)c2ccc(C#N)cc2C1(C)C)C1CCCCC1. The molecule has 1 fully saturated rings. The normalized spacial score (nSPS) is 20.3. The van der Waals surface area contributed by atoms with Gasteiger partial charge in [0.2, 0.25) is 5.69 Å². The highest BCUT2D eigenvalue weighted by Gasteiger charge is 2.45. The molecule has 1 amide bonds. The van der Waals surface area contributed by atoms with Crippen molar-refractivity contribution in [1.82, 2.24) is 4.90 Å². The van der Waals surface area contributed by atoms with E-state index in [9.17, 15) is 37.1 Å². The summed E-state index contributed by atoms with van der Waals surface area (Å²) in [5, 5.41) is 19.7. The second-order valence-corrected chi connectivity index (χ2v) is 22.4. The molecule has 1 atom stereocenters. The largest absolute Gasteiger partial charge is 0.772 e. The molecule has 2 aliphatic carbocycles. The van der Waals surface area contributed by atoms with Crippen molar-refractivity contribution >= 4 is 44.4 Å². The third-order valence-electron chi connectivity index (χ3n) is 13.2. The number of unbranched alkanes of at least 4 members (excludes halogenated alkanes) is 2. The zero-order valence-electron chi connectivity index (χ0n) is 39.1. The summed E-state index contributed by atoms with van der Waals surface area (Å²) in [6.07, 6.45) is 17.2. The number of hydrogen-bond donors (Lipinski definition) is 1. The second kappa shape index (κ2) is 20.3. The lowest BCUT2D eigenvalue weighted by atomic mass is 9.80. The lowest BCUT2D eigenvalue weighted by Crippen LogP contribution is -2.45. The van der Waals surface area contributed by atoms with Crippen molar-refractivity contribution < 1.29 is 35.8 Å². The highest BCUT2D eigenvalue weighted by Crippen LogP contribution is 2.49. The van der Waals surface area contributed by atoms with Crippen LogP contribution in [0, 0.1) is 22.7 Å². The minimum absolute atomic E-state index is 0.0747. The number of hydrogen-bond acceptors (Lipinski definition) is 9. The smallest absolute Gasteiger partial charge is 0.415 e. The number of amides is 1. The van der Waals surface area contributed by atoms with Crippen LogP contribution in [0.2, 0.25) is 0 Å². The molecule has 0 saturated heterocycles. The van der Waals surface area contributed by atoms with Crippen LogP contribution >= 0.6 is 0 Å². The van der Waals surface area contributed by atoms with Crippen LogP contribution in [-0.2, 0) is 36.8 Å². The summed E-state index contributed by atoms with van der Waals surface area (Å²) in [6.45, 7) is 15.3. The quantitative estimate of drug-likeness (QED) is 0.0782. The van der Waals surface area contributed by atoms with Gasteiger partial charge in [0.1, 0.15) is 12.1 Å². The Kier molecular flexibility index (Phi) is 15.5. The first-order valence-electron chi connectivity index (χ1n) is 23.0. The molecule has 2 heterocycles. The van der Waals surface area contributed by atoms with Crippen LogP contribution in [0.15, 0.2) is 83.2 Å². The number of nitrogens with zero attached hydrogens (tertiary/aromatic N) is 5. The first kappa shape index (κ1) is 49.6. The van der Waals surface area contributed by atoms with Crippen LogP contribution in [0.1, 0.15) is 148 Å². The van der Waals surface area contributed by atoms with Crippen LogP contribution in [0.5, 0.6) is 0 Å². The van der Waals surface area contributed by atoms with Crippen molar-refractivity contribution in [2.24, 2.45) is 0 Å². The molecular formula is C51H65N5O7S2. The van der Waals surface area contributed by atoms with E-state index in [2.05, 4.69) is 73.6 Å². The zero-order chi connectivity index (χ0) is 47.3. The maximum Gasteiger partial charge on any atom is 0.415 e. The Bertz CT molecular complexity index is 2540. The van der Waals surface area contributed by atoms with Gasteiger partial charge in [-0.15, -0.1) is 0 Å². The Morgan fingerprint density at radius 1 is 0.938 bits per heavy atom. The van der Waals surface area contributed by atoms with Crippen molar-refractivity contribution in [1.29, 1.82) is 10.5 Å². The van der Waals surface area contributed by atoms with Crippen molar-refractivity contribution in [2.45, 2.75) is 148 Å². The fourth-order valence-corrected chi connectivity index (χ4v) is 11.0. The number of rotatable bonds is 15. The summed E-state index contributed by atoms with van der Waals surface area (Å²) in [5.74, 6) is -0.244. The van der Waals surface area contributed by atoms with E-state index in [4.69, 9.17) is 4.74 Å². The fourth-order valence-electron chi connectivity index (χ4n) is 9.99. The topological polar surface area (TPSA) is 178 Å². The van der Waals surface area contributed by atoms with E-state index in [0.717, 1.165) is 89.3 Å². The standard InChI is InChI=1S/C51H65N5O7S2/c1-49(2,3)63-48(57)56(40-18-9-8-10-19-40)47-38(22-26-45-50(4,5)41-32-36(34-52)20-24-43(41)54(45)28-11-13-30-64(58)59)16-15-17-39(47)23-27-46-51(6,7)42-33-37(35-53)21-25-44(42)55(46)29-12-14-31-65(60,61)62/h20-27,32-33,40H,8-19,28-31H2,1-7H3,(H-,58,59,60,61,62). The van der Waals surface area contributed by atoms with Gasteiger partial charge >= 0.3 is 6.09 Å². The third-order valence-corrected chi connectivity index (χ3v) is 14.6. The maximum absolute atomic E-state index is 14.7. The van der Waals surface area contributed by atoms with Crippen molar-refractivity contribution in [2.75, 3.05) is 29.5 Å². The van der Waals surface area contributed by atoms with E-state index >= 15 is 0 Å². The molecule has 0 aromatic heterocycles. The summed E-state index contributed by atoms with van der Waals surface area (Å²) >= 11 is -2.13. The molecule has 14 heteroatoms. The highest BCUT2D eigenvalue weighted by molar-refractivity contribution is 7.85. The van der Waals surface area contributed by atoms with Gasteiger partial charge in [0, 0.05) is 59.3 Å². The van der Waals surface area contributed by atoms with Crippen LogP contribution in [0.25, 0.3) is 0 Å². The molecule has 348 valence electrons. The van der Waals surface area contributed by atoms with Crippen LogP contribution in [0.4, 0.5) is 16.2 Å². The molecular weight excluding hydrogens is 859 g/mol. The summed E-state index contributed by atoms with van der Waals surface area (Å²) < 4.78 is 64.1. The van der Waals surface area contributed by atoms with E-state index < -0.39 is 37.6 Å². The van der Waals surface area contributed by atoms with Gasteiger partial charge in [0.25, 0.3) is 10.1 Å². The number of carbonyl (C=O) groups is 1. The number of benzene rings is 2. The summed E-state index contributed by atoms with van der Waals surface area (Å²) in [4.78, 5) is 18.9. The van der Waals surface area contributed by atoms with E-state index in [-0.39, 0.29) is 30.1 Å². The van der Waals surface area contributed by atoms with Crippen molar-refractivity contribution in [3.05, 3.63) is 105 Å². The van der Waals surface area contributed by atoms with E-state index in [1.807, 2.05) is 56.0 Å². The van der Waals surface area contributed by atoms with Gasteiger partial charge in [-0.05, 0) is 139 Å². The molecule has 0 radical (unpaired) electrons. The Labute approximate surface area is 389 Å². The Morgan fingerprint density at radius 2 is 1.62 bits per heavy atom. The van der Waals surface area contributed by atoms with Gasteiger partial charge in [-0.25, -0.2) is 4.79 Å². The van der Waals surface area contributed by atoms with E-state index in [0.29, 0.717) is 56.3 Å². The molecule has 2 aromatic rings. The molecule has 65 heavy (non-hydrogen) atoms. The third kappa shape index (κ3) is 11.6. The fraction of sp³-hybridized carbons (Fsp3) is 0.529. The zero-order valence-corrected chi connectivity index (χ0v) is 40.7. The van der Waals surface area contributed by atoms with Gasteiger partial charge in [-0.3, -0.25) is 13.7 Å². The molecule has 1 saturated carbocycles. The first-order valence-corrected chi connectivity index (χ1v) is 25.9. The molecule has 1 N–H and O–H groups in total. The molecule has 4 aliphatic rings. The van der Waals surface area contributed by atoms with E-state index in [1.165, 1.54) is 0 Å². The summed E-state index contributed by atoms with van der Waals surface area (Å²) in [5.41, 5.74) is 8.13. The van der Waals surface area contributed by atoms with Gasteiger partial charge < -0.3 is 14.2 Å². The molecule has 2 aliphatic heterocycles. The maximum atomic E-state index is 14.7. The average molecular weight is 924 g/mol. The number of anilines is 1. The predicted octanol–water partition coefficient (Wildman–Crippen LogP) is 10.3. The minimum atomic E-state index is -4.11. The van der Waals surface area contributed by atoms with Gasteiger partial charge in [-0.2, -0.15) is 23.5 Å². The molecule has 0 bridgehead atoms. The molecule has 6 rings (SSSR count). The van der Waals surface area contributed by atoms with Crippen LogP contribution < -0.4 is 4.90 Å². The van der Waals surface area contributed by atoms with Gasteiger partial charge in [0.15, 0.2) is 5.71 Å². The number of nitriles is 2.